The Labute approximate surface area is 110 Å². The van der Waals surface area contributed by atoms with Gasteiger partial charge in [0.1, 0.15) is 0 Å². The topological polar surface area (TPSA) is 61.4 Å². The van der Waals surface area contributed by atoms with Gasteiger partial charge in [-0.1, -0.05) is 17.7 Å². The van der Waals surface area contributed by atoms with Crippen LogP contribution in [0.3, 0.4) is 0 Å². The molecule has 1 aromatic carbocycles. The van der Waals surface area contributed by atoms with Crippen molar-refractivity contribution in [2.75, 3.05) is 19.6 Å². The fourth-order valence-corrected chi connectivity index (χ4v) is 1.52. The molecule has 1 aromatic rings. The maximum absolute atomic E-state index is 13.5. The predicted molar refractivity (Wildman–Crippen MR) is 68.3 cm³/mol. The summed E-state index contributed by atoms with van der Waals surface area (Å²) < 4.78 is 13.5. The van der Waals surface area contributed by atoms with Crippen molar-refractivity contribution in [2.45, 2.75) is 13.0 Å². The fourth-order valence-electron chi connectivity index (χ4n) is 1.35. The molecule has 0 aliphatic rings. The third-order valence-corrected chi connectivity index (χ3v) is 2.52. The SMILES string of the molecule is CC(O)CNCCNC(=O)c1cccc(Cl)c1F. The Bertz CT molecular complexity index is 413. The Hall–Kier alpha value is -1.17. The Morgan fingerprint density at radius 2 is 2.22 bits per heavy atom. The van der Waals surface area contributed by atoms with Crippen LogP contribution in [-0.2, 0) is 0 Å². The van der Waals surface area contributed by atoms with Gasteiger partial charge in [0.2, 0.25) is 0 Å². The lowest BCUT2D eigenvalue weighted by Crippen LogP contribution is -2.34. The molecule has 4 nitrogen and oxygen atoms in total. The number of hydrogen-bond acceptors (Lipinski definition) is 3. The molecular weight excluding hydrogens is 259 g/mol. The molecule has 0 radical (unpaired) electrons. The highest BCUT2D eigenvalue weighted by atomic mass is 35.5. The number of aliphatic hydroxyl groups is 1. The van der Waals surface area contributed by atoms with Gasteiger partial charge >= 0.3 is 0 Å². The average molecular weight is 275 g/mol. The Balaban J connectivity index is 2.39. The van der Waals surface area contributed by atoms with Crippen molar-refractivity contribution in [1.29, 1.82) is 0 Å². The minimum atomic E-state index is -0.714. The van der Waals surface area contributed by atoms with Crippen LogP contribution in [0.15, 0.2) is 18.2 Å². The second-order valence-corrected chi connectivity index (χ2v) is 4.32. The van der Waals surface area contributed by atoms with Crippen LogP contribution in [0.5, 0.6) is 0 Å². The molecule has 1 unspecified atom stereocenters. The molecule has 0 saturated heterocycles. The first-order chi connectivity index (χ1) is 8.52. The summed E-state index contributed by atoms with van der Waals surface area (Å²) in [5.74, 6) is -1.22. The zero-order valence-electron chi connectivity index (χ0n) is 10.0. The summed E-state index contributed by atoms with van der Waals surface area (Å²) in [7, 11) is 0. The van der Waals surface area contributed by atoms with Crippen LogP contribution in [0, 0.1) is 5.82 Å². The van der Waals surface area contributed by atoms with E-state index in [-0.39, 0.29) is 10.6 Å². The standard InChI is InChI=1S/C12H16ClFN2O2/c1-8(17)7-15-5-6-16-12(18)9-3-2-4-10(13)11(9)14/h2-4,8,15,17H,5-7H2,1H3,(H,16,18). The minimum absolute atomic E-state index is 0.0713. The summed E-state index contributed by atoms with van der Waals surface area (Å²) in [6.45, 7) is 2.95. The van der Waals surface area contributed by atoms with E-state index in [2.05, 4.69) is 10.6 Å². The van der Waals surface area contributed by atoms with E-state index in [1.54, 1.807) is 6.92 Å². The molecule has 1 amide bonds. The monoisotopic (exact) mass is 274 g/mol. The van der Waals surface area contributed by atoms with Gasteiger partial charge in [-0.15, -0.1) is 0 Å². The van der Waals surface area contributed by atoms with Crippen molar-refractivity contribution in [3.63, 3.8) is 0 Å². The lowest BCUT2D eigenvalue weighted by Gasteiger charge is -2.09. The van der Waals surface area contributed by atoms with E-state index < -0.39 is 17.8 Å². The number of hydrogen-bond donors (Lipinski definition) is 3. The zero-order valence-corrected chi connectivity index (χ0v) is 10.8. The van der Waals surface area contributed by atoms with Crippen molar-refractivity contribution in [3.8, 4) is 0 Å². The highest BCUT2D eigenvalue weighted by Gasteiger charge is 2.13. The van der Waals surface area contributed by atoms with Crippen molar-refractivity contribution in [2.24, 2.45) is 0 Å². The average Bonchev–Trinajstić information content (AvgIpc) is 2.31. The number of halogens is 2. The van der Waals surface area contributed by atoms with Gasteiger partial charge in [0, 0.05) is 19.6 Å². The molecule has 3 N–H and O–H groups in total. The van der Waals surface area contributed by atoms with Gasteiger partial charge in [0.15, 0.2) is 5.82 Å². The van der Waals surface area contributed by atoms with Crippen LogP contribution in [0.1, 0.15) is 17.3 Å². The smallest absolute Gasteiger partial charge is 0.254 e. The molecule has 0 aromatic heterocycles. The van der Waals surface area contributed by atoms with Gasteiger partial charge in [0.05, 0.1) is 16.7 Å². The van der Waals surface area contributed by atoms with Crippen LogP contribution in [0.4, 0.5) is 4.39 Å². The zero-order chi connectivity index (χ0) is 13.5. The lowest BCUT2D eigenvalue weighted by molar-refractivity contribution is 0.0949. The molecule has 0 aliphatic carbocycles. The second kappa shape index (κ2) is 7.31. The van der Waals surface area contributed by atoms with Gasteiger partial charge < -0.3 is 15.7 Å². The Morgan fingerprint density at radius 3 is 2.89 bits per heavy atom. The first-order valence-electron chi connectivity index (χ1n) is 5.63. The minimum Gasteiger partial charge on any atom is -0.392 e. The van der Waals surface area contributed by atoms with Crippen LogP contribution in [-0.4, -0.2) is 36.8 Å². The summed E-state index contributed by atoms with van der Waals surface area (Å²) in [5.41, 5.74) is -0.0713. The molecule has 0 saturated carbocycles. The summed E-state index contributed by atoms with van der Waals surface area (Å²) in [6.07, 6.45) is -0.439. The normalized spacial score (nSPS) is 12.2. The largest absolute Gasteiger partial charge is 0.392 e. The summed E-state index contributed by atoms with van der Waals surface area (Å²) >= 11 is 5.58. The highest BCUT2D eigenvalue weighted by Crippen LogP contribution is 2.17. The van der Waals surface area contributed by atoms with Gasteiger partial charge in [-0.05, 0) is 19.1 Å². The number of rotatable bonds is 6. The summed E-state index contributed by atoms with van der Waals surface area (Å²) in [5, 5.41) is 14.4. The summed E-state index contributed by atoms with van der Waals surface area (Å²) in [6, 6.07) is 4.28. The second-order valence-electron chi connectivity index (χ2n) is 3.91. The molecule has 100 valence electrons. The molecule has 0 aliphatic heterocycles. The number of carbonyl (C=O) groups is 1. The number of amides is 1. The van der Waals surface area contributed by atoms with E-state index in [1.807, 2.05) is 0 Å². The maximum Gasteiger partial charge on any atom is 0.254 e. The number of carbonyl (C=O) groups excluding carboxylic acids is 1. The van der Waals surface area contributed by atoms with Gasteiger partial charge in [-0.25, -0.2) is 4.39 Å². The molecule has 0 heterocycles. The third-order valence-electron chi connectivity index (χ3n) is 2.22. The van der Waals surface area contributed by atoms with E-state index >= 15 is 0 Å². The van der Waals surface area contributed by atoms with Crippen molar-refractivity contribution in [1.82, 2.24) is 10.6 Å². The molecule has 0 bridgehead atoms. The first-order valence-corrected chi connectivity index (χ1v) is 6.01. The first kappa shape index (κ1) is 14.9. The molecule has 6 heteroatoms. The predicted octanol–water partition coefficient (Wildman–Crippen LogP) is 1.18. The van der Waals surface area contributed by atoms with Gasteiger partial charge in [0.25, 0.3) is 5.91 Å². The van der Waals surface area contributed by atoms with E-state index in [4.69, 9.17) is 16.7 Å². The molecule has 0 fully saturated rings. The van der Waals surface area contributed by atoms with Crippen LogP contribution in [0.25, 0.3) is 0 Å². The van der Waals surface area contributed by atoms with E-state index in [0.717, 1.165) is 0 Å². The number of aliphatic hydroxyl groups excluding tert-OH is 1. The van der Waals surface area contributed by atoms with E-state index in [9.17, 15) is 9.18 Å². The Kier molecular flexibility index (Phi) is 6.04. The van der Waals surface area contributed by atoms with Crippen molar-refractivity contribution in [3.05, 3.63) is 34.6 Å². The molecule has 0 spiro atoms. The van der Waals surface area contributed by atoms with E-state index in [0.29, 0.717) is 19.6 Å². The van der Waals surface area contributed by atoms with Crippen LogP contribution < -0.4 is 10.6 Å². The highest BCUT2D eigenvalue weighted by molar-refractivity contribution is 6.31. The molecule has 1 atom stereocenters. The van der Waals surface area contributed by atoms with Crippen LogP contribution >= 0.6 is 11.6 Å². The summed E-state index contributed by atoms with van der Waals surface area (Å²) in [4.78, 5) is 11.6. The van der Waals surface area contributed by atoms with Gasteiger partial charge in [-0.3, -0.25) is 4.79 Å². The Morgan fingerprint density at radius 1 is 1.50 bits per heavy atom. The quantitative estimate of drug-likeness (QED) is 0.683. The van der Waals surface area contributed by atoms with Crippen molar-refractivity contribution >= 4 is 17.5 Å². The molecule has 18 heavy (non-hydrogen) atoms. The molecule has 1 rings (SSSR count). The van der Waals surface area contributed by atoms with Gasteiger partial charge in [-0.2, -0.15) is 0 Å². The maximum atomic E-state index is 13.5. The third kappa shape index (κ3) is 4.60. The molecular formula is C12H16ClFN2O2. The van der Waals surface area contributed by atoms with E-state index in [1.165, 1.54) is 18.2 Å². The lowest BCUT2D eigenvalue weighted by atomic mass is 10.2. The number of benzene rings is 1. The fraction of sp³-hybridized carbons (Fsp3) is 0.417. The van der Waals surface area contributed by atoms with Crippen LogP contribution in [0.2, 0.25) is 5.02 Å². The number of nitrogens with one attached hydrogen (secondary N) is 2. The van der Waals surface area contributed by atoms with Crippen molar-refractivity contribution < 1.29 is 14.3 Å².